The molecule has 0 saturated carbocycles. The second kappa shape index (κ2) is 10.8. The number of aryl methyl sites for hydroxylation is 1. The normalized spacial score (nSPS) is 14.7. The van der Waals surface area contributed by atoms with Crippen LogP contribution in [0.4, 0.5) is 5.69 Å². The van der Waals surface area contributed by atoms with Crippen molar-refractivity contribution in [3.63, 3.8) is 0 Å². The standard InChI is InChI=1S/C19H30N4O3/c1-22(2)17-7-5-16(6-8-17)4-3-9-20-18(24)19(25)21-10-11-23-12-14-26-15-13-23/h5-8H,3-4,9-15H2,1-2H3,(H,20,24)(H,21,25). The van der Waals surface area contributed by atoms with E-state index in [2.05, 4.69) is 44.7 Å². The van der Waals surface area contributed by atoms with Gasteiger partial charge in [-0.15, -0.1) is 0 Å². The van der Waals surface area contributed by atoms with E-state index in [-0.39, 0.29) is 0 Å². The van der Waals surface area contributed by atoms with Gasteiger partial charge in [0.1, 0.15) is 0 Å². The van der Waals surface area contributed by atoms with Crippen LogP contribution in [0.15, 0.2) is 24.3 Å². The number of nitrogens with one attached hydrogen (secondary N) is 2. The molecule has 0 atom stereocenters. The summed E-state index contributed by atoms with van der Waals surface area (Å²) in [6.07, 6.45) is 1.67. The number of nitrogens with zero attached hydrogens (tertiary/aromatic N) is 2. The Morgan fingerprint density at radius 3 is 2.27 bits per heavy atom. The lowest BCUT2D eigenvalue weighted by Crippen LogP contribution is -2.45. The predicted octanol–water partition coefficient (Wildman–Crippen LogP) is 0.250. The molecule has 144 valence electrons. The molecule has 1 fully saturated rings. The smallest absolute Gasteiger partial charge is 0.309 e. The second-order valence-electron chi connectivity index (χ2n) is 6.63. The van der Waals surface area contributed by atoms with Crippen molar-refractivity contribution in [2.24, 2.45) is 0 Å². The summed E-state index contributed by atoms with van der Waals surface area (Å²) in [7, 11) is 4.02. The lowest BCUT2D eigenvalue weighted by molar-refractivity contribution is -0.139. The Hall–Kier alpha value is -2.12. The number of rotatable bonds is 8. The molecule has 0 unspecified atom stereocenters. The molecule has 1 aliphatic rings. The molecule has 26 heavy (non-hydrogen) atoms. The lowest BCUT2D eigenvalue weighted by atomic mass is 10.1. The van der Waals surface area contributed by atoms with Gasteiger partial charge < -0.3 is 20.3 Å². The number of carbonyl (C=O) groups excluding carboxylic acids is 2. The molecular weight excluding hydrogens is 332 g/mol. The molecule has 7 heteroatoms. The van der Waals surface area contributed by atoms with Gasteiger partial charge in [0.05, 0.1) is 13.2 Å². The zero-order valence-corrected chi connectivity index (χ0v) is 15.8. The van der Waals surface area contributed by atoms with Gasteiger partial charge in [0, 0.05) is 52.5 Å². The molecule has 0 spiro atoms. The SMILES string of the molecule is CN(C)c1ccc(CCCNC(=O)C(=O)NCCN2CCOCC2)cc1. The highest BCUT2D eigenvalue weighted by atomic mass is 16.5. The zero-order valence-electron chi connectivity index (χ0n) is 15.8. The molecule has 0 aliphatic carbocycles. The van der Waals surface area contributed by atoms with Crippen LogP contribution in [-0.2, 0) is 20.7 Å². The quantitative estimate of drug-likeness (QED) is 0.512. The molecule has 2 amide bonds. The highest BCUT2D eigenvalue weighted by Crippen LogP contribution is 2.13. The van der Waals surface area contributed by atoms with Gasteiger partial charge in [-0.1, -0.05) is 12.1 Å². The summed E-state index contributed by atoms with van der Waals surface area (Å²) in [5.74, 6) is -1.12. The van der Waals surface area contributed by atoms with Crippen LogP contribution < -0.4 is 15.5 Å². The van der Waals surface area contributed by atoms with Crippen LogP contribution >= 0.6 is 0 Å². The van der Waals surface area contributed by atoms with Gasteiger partial charge in [-0.3, -0.25) is 14.5 Å². The molecule has 0 radical (unpaired) electrons. The Morgan fingerprint density at radius 1 is 1.04 bits per heavy atom. The van der Waals surface area contributed by atoms with Gasteiger partial charge >= 0.3 is 11.8 Å². The zero-order chi connectivity index (χ0) is 18.8. The fourth-order valence-electron chi connectivity index (χ4n) is 2.77. The molecule has 2 rings (SSSR count). The minimum atomic E-state index is -0.561. The summed E-state index contributed by atoms with van der Waals surface area (Å²) < 4.78 is 5.27. The van der Waals surface area contributed by atoms with Crippen molar-refractivity contribution >= 4 is 17.5 Å². The van der Waals surface area contributed by atoms with Crippen molar-refractivity contribution < 1.29 is 14.3 Å². The molecular formula is C19H30N4O3. The molecule has 7 nitrogen and oxygen atoms in total. The van der Waals surface area contributed by atoms with E-state index in [9.17, 15) is 9.59 Å². The number of amides is 2. The van der Waals surface area contributed by atoms with E-state index in [0.717, 1.165) is 51.4 Å². The van der Waals surface area contributed by atoms with Crippen molar-refractivity contribution in [2.45, 2.75) is 12.8 Å². The molecule has 1 aliphatic heterocycles. The van der Waals surface area contributed by atoms with E-state index >= 15 is 0 Å². The minimum Gasteiger partial charge on any atom is -0.379 e. The van der Waals surface area contributed by atoms with Gasteiger partial charge in [0.2, 0.25) is 0 Å². The van der Waals surface area contributed by atoms with Gasteiger partial charge in [0.25, 0.3) is 0 Å². The Bertz CT molecular complexity index is 569. The number of carbonyl (C=O) groups is 2. The second-order valence-corrected chi connectivity index (χ2v) is 6.63. The highest BCUT2D eigenvalue weighted by molar-refractivity contribution is 6.35. The van der Waals surface area contributed by atoms with Crippen molar-refractivity contribution in [1.29, 1.82) is 0 Å². The number of ether oxygens (including phenoxy) is 1. The van der Waals surface area contributed by atoms with Crippen LogP contribution in [-0.4, -0.2) is 76.7 Å². The molecule has 2 N–H and O–H groups in total. The van der Waals surface area contributed by atoms with E-state index in [1.807, 2.05) is 14.1 Å². The maximum Gasteiger partial charge on any atom is 0.309 e. The maximum absolute atomic E-state index is 11.8. The number of benzene rings is 1. The molecule has 1 saturated heterocycles. The first-order chi connectivity index (χ1) is 12.6. The average molecular weight is 362 g/mol. The van der Waals surface area contributed by atoms with Crippen molar-refractivity contribution in [1.82, 2.24) is 15.5 Å². The number of hydrogen-bond donors (Lipinski definition) is 2. The molecule has 1 heterocycles. The van der Waals surface area contributed by atoms with Gasteiger partial charge in [0.15, 0.2) is 0 Å². The summed E-state index contributed by atoms with van der Waals surface area (Å²) >= 11 is 0. The summed E-state index contributed by atoms with van der Waals surface area (Å²) in [5, 5.41) is 5.34. The Labute approximate surface area is 155 Å². The first kappa shape index (κ1) is 20.2. The van der Waals surface area contributed by atoms with Crippen LogP contribution in [0.1, 0.15) is 12.0 Å². The Morgan fingerprint density at radius 2 is 1.65 bits per heavy atom. The number of morpholine rings is 1. The Balaban J connectivity index is 1.56. The average Bonchev–Trinajstić information content (AvgIpc) is 2.66. The van der Waals surface area contributed by atoms with Crippen LogP contribution in [0.25, 0.3) is 0 Å². The van der Waals surface area contributed by atoms with Crippen LogP contribution in [0.3, 0.4) is 0 Å². The summed E-state index contributed by atoms with van der Waals surface area (Å²) in [5.41, 5.74) is 2.38. The van der Waals surface area contributed by atoms with Crippen LogP contribution in [0.2, 0.25) is 0 Å². The predicted molar refractivity (Wildman–Crippen MR) is 102 cm³/mol. The molecule has 0 bridgehead atoms. The van der Waals surface area contributed by atoms with E-state index in [1.54, 1.807) is 0 Å². The highest BCUT2D eigenvalue weighted by Gasteiger charge is 2.14. The first-order valence-corrected chi connectivity index (χ1v) is 9.18. The van der Waals surface area contributed by atoms with E-state index in [1.165, 1.54) is 5.56 Å². The fraction of sp³-hybridized carbons (Fsp3) is 0.579. The topological polar surface area (TPSA) is 73.9 Å². The van der Waals surface area contributed by atoms with Crippen molar-refractivity contribution in [2.75, 3.05) is 64.9 Å². The van der Waals surface area contributed by atoms with Gasteiger partial charge in [-0.05, 0) is 30.5 Å². The van der Waals surface area contributed by atoms with E-state index < -0.39 is 11.8 Å². The third-order valence-electron chi connectivity index (χ3n) is 4.40. The van der Waals surface area contributed by atoms with E-state index in [0.29, 0.717) is 13.1 Å². The van der Waals surface area contributed by atoms with E-state index in [4.69, 9.17) is 4.74 Å². The molecule has 1 aromatic rings. The third-order valence-corrected chi connectivity index (χ3v) is 4.40. The van der Waals surface area contributed by atoms with Gasteiger partial charge in [-0.25, -0.2) is 0 Å². The van der Waals surface area contributed by atoms with Crippen LogP contribution in [0.5, 0.6) is 0 Å². The summed E-state index contributed by atoms with van der Waals surface area (Å²) in [6.45, 7) is 4.91. The summed E-state index contributed by atoms with van der Waals surface area (Å²) in [4.78, 5) is 27.8. The number of hydrogen-bond acceptors (Lipinski definition) is 5. The minimum absolute atomic E-state index is 0.477. The monoisotopic (exact) mass is 362 g/mol. The largest absolute Gasteiger partial charge is 0.379 e. The van der Waals surface area contributed by atoms with Crippen molar-refractivity contribution in [3.8, 4) is 0 Å². The molecule has 0 aromatic heterocycles. The first-order valence-electron chi connectivity index (χ1n) is 9.18. The third kappa shape index (κ3) is 7.01. The fourth-order valence-corrected chi connectivity index (χ4v) is 2.77. The maximum atomic E-state index is 11.8. The van der Waals surface area contributed by atoms with Gasteiger partial charge in [-0.2, -0.15) is 0 Å². The van der Waals surface area contributed by atoms with Crippen molar-refractivity contribution in [3.05, 3.63) is 29.8 Å². The van der Waals surface area contributed by atoms with Crippen LogP contribution in [0, 0.1) is 0 Å². The molecule has 1 aromatic carbocycles. The Kier molecular flexibility index (Phi) is 8.37. The number of anilines is 1. The summed E-state index contributed by atoms with van der Waals surface area (Å²) in [6, 6.07) is 8.34. The lowest BCUT2D eigenvalue weighted by Gasteiger charge is -2.26.